The molecule has 2 rings (SSSR count). The fraction of sp³-hybridized carbons (Fsp3) is 0.267. The lowest BCUT2D eigenvalue weighted by molar-refractivity contribution is -0.135. The first-order valence-corrected chi connectivity index (χ1v) is 6.21. The summed E-state index contributed by atoms with van der Waals surface area (Å²) in [4.78, 5) is 11.6. The standard InChI is InChI=1S/C15H16N2O2/c1-3-19-15(18)14-10-9-12(2)17(16-14)11-13-7-5-4-6-8-13/h4-8,10H,3,11H2,1-2H3. The van der Waals surface area contributed by atoms with Crippen LogP contribution in [0.2, 0.25) is 0 Å². The zero-order valence-electron chi connectivity index (χ0n) is 11.1. The van der Waals surface area contributed by atoms with Crippen molar-refractivity contribution in [3.63, 3.8) is 0 Å². The van der Waals surface area contributed by atoms with Crippen LogP contribution >= 0.6 is 0 Å². The molecule has 0 radical (unpaired) electrons. The van der Waals surface area contributed by atoms with Gasteiger partial charge < -0.3 is 4.74 Å². The Hall–Kier alpha value is -2.32. The van der Waals surface area contributed by atoms with Gasteiger partial charge >= 0.3 is 5.97 Å². The third-order valence-corrected chi connectivity index (χ3v) is 2.69. The summed E-state index contributed by atoms with van der Waals surface area (Å²) in [5, 5.41) is 6.05. The van der Waals surface area contributed by atoms with E-state index in [1.807, 2.05) is 37.3 Å². The first-order chi connectivity index (χ1) is 9.20. The molecule has 0 N–H and O–H groups in total. The molecule has 98 valence electrons. The lowest BCUT2D eigenvalue weighted by Gasteiger charge is -2.21. The molecule has 1 aliphatic heterocycles. The summed E-state index contributed by atoms with van der Waals surface area (Å²) in [5.41, 5.74) is 5.30. The van der Waals surface area contributed by atoms with E-state index in [-0.39, 0.29) is 5.71 Å². The van der Waals surface area contributed by atoms with E-state index in [9.17, 15) is 4.79 Å². The molecule has 0 aromatic heterocycles. The van der Waals surface area contributed by atoms with E-state index in [1.54, 1.807) is 18.0 Å². The van der Waals surface area contributed by atoms with Crippen LogP contribution in [0, 0.1) is 0 Å². The Bertz CT molecular complexity index is 555. The predicted molar refractivity (Wildman–Crippen MR) is 73.3 cm³/mol. The summed E-state index contributed by atoms with van der Waals surface area (Å²) in [6, 6.07) is 9.96. The summed E-state index contributed by atoms with van der Waals surface area (Å²) in [6.07, 6.45) is 1.56. The minimum atomic E-state index is -0.416. The predicted octanol–water partition coefficient (Wildman–Crippen LogP) is 2.48. The van der Waals surface area contributed by atoms with Gasteiger partial charge in [0.05, 0.1) is 18.8 Å². The average molecular weight is 256 g/mol. The quantitative estimate of drug-likeness (QED) is 0.614. The Labute approximate surface area is 112 Å². The molecule has 0 amide bonds. The van der Waals surface area contributed by atoms with Crippen LogP contribution < -0.4 is 0 Å². The number of ether oxygens (including phenoxy) is 1. The third-order valence-electron chi connectivity index (χ3n) is 2.69. The minimum Gasteiger partial charge on any atom is -0.461 e. The van der Waals surface area contributed by atoms with E-state index < -0.39 is 5.97 Å². The summed E-state index contributed by atoms with van der Waals surface area (Å²) in [6.45, 7) is 4.63. The van der Waals surface area contributed by atoms with Gasteiger partial charge in [0.2, 0.25) is 0 Å². The molecule has 0 saturated carbocycles. The van der Waals surface area contributed by atoms with Crippen molar-refractivity contribution in [3.8, 4) is 0 Å². The van der Waals surface area contributed by atoms with Crippen molar-refractivity contribution in [2.24, 2.45) is 5.10 Å². The molecule has 0 spiro atoms. The molecule has 4 heteroatoms. The molecule has 1 aliphatic rings. The summed E-state index contributed by atoms with van der Waals surface area (Å²) < 4.78 is 4.94. The van der Waals surface area contributed by atoms with E-state index in [2.05, 4.69) is 10.8 Å². The van der Waals surface area contributed by atoms with Crippen molar-refractivity contribution < 1.29 is 9.53 Å². The molecular formula is C15H16N2O2. The number of hydrogen-bond donors (Lipinski definition) is 0. The molecule has 0 fully saturated rings. The van der Waals surface area contributed by atoms with E-state index in [4.69, 9.17) is 4.74 Å². The maximum absolute atomic E-state index is 11.6. The minimum absolute atomic E-state index is 0.281. The molecule has 1 heterocycles. The van der Waals surface area contributed by atoms with E-state index in [0.29, 0.717) is 13.2 Å². The molecule has 0 unspecified atom stereocenters. The molecule has 1 aromatic rings. The van der Waals surface area contributed by atoms with Crippen molar-refractivity contribution in [1.82, 2.24) is 5.01 Å². The van der Waals surface area contributed by atoms with Gasteiger partial charge in [0.1, 0.15) is 0 Å². The molecular weight excluding hydrogens is 240 g/mol. The first-order valence-electron chi connectivity index (χ1n) is 6.21. The summed E-state index contributed by atoms with van der Waals surface area (Å²) in [7, 11) is 0. The van der Waals surface area contributed by atoms with E-state index in [1.165, 1.54) is 0 Å². The van der Waals surface area contributed by atoms with Gasteiger partial charge in [-0.3, -0.25) is 5.01 Å². The Kier molecular flexibility index (Phi) is 4.16. The van der Waals surface area contributed by atoms with Gasteiger partial charge in [0.25, 0.3) is 0 Å². The monoisotopic (exact) mass is 256 g/mol. The second kappa shape index (κ2) is 6.03. The van der Waals surface area contributed by atoms with Gasteiger partial charge in [-0.1, -0.05) is 36.1 Å². The number of nitrogens with zero attached hydrogens (tertiary/aromatic N) is 2. The van der Waals surface area contributed by atoms with Gasteiger partial charge in [-0.25, -0.2) is 4.79 Å². The highest BCUT2D eigenvalue weighted by Gasteiger charge is 2.16. The number of hydrogen-bond acceptors (Lipinski definition) is 4. The highest BCUT2D eigenvalue weighted by molar-refractivity contribution is 6.41. The highest BCUT2D eigenvalue weighted by Crippen LogP contribution is 2.13. The topological polar surface area (TPSA) is 41.9 Å². The Balaban J connectivity index is 2.17. The first kappa shape index (κ1) is 13.1. The highest BCUT2D eigenvalue weighted by atomic mass is 16.5. The maximum Gasteiger partial charge on any atom is 0.359 e. The second-order valence-electron chi connectivity index (χ2n) is 4.12. The van der Waals surface area contributed by atoms with Crippen LogP contribution in [0.1, 0.15) is 19.4 Å². The van der Waals surface area contributed by atoms with Crippen LogP contribution in [0.5, 0.6) is 0 Å². The third kappa shape index (κ3) is 3.33. The number of carbonyl (C=O) groups excluding carboxylic acids is 1. The van der Waals surface area contributed by atoms with E-state index >= 15 is 0 Å². The summed E-state index contributed by atoms with van der Waals surface area (Å²) >= 11 is 0. The number of esters is 1. The van der Waals surface area contributed by atoms with Gasteiger partial charge in [-0.05, 0) is 19.4 Å². The molecule has 0 atom stereocenters. The Morgan fingerprint density at radius 1 is 1.37 bits per heavy atom. The molecule has 0 saturated heterocycles. The van der Waals surface area contributed by atoms with Crippen molar-refractivity contribution >= 4 is 11.7 Å². The number of rotatable bonds is 4. The van der Waals surface area contributed by atoms with Crippen LogP contribution in [0.25, 0.3) is 0 Å². The fourth-order valence-electron chi connectivity index (χ4n) is 1.70. The van der Waals surface area contributed by atoms with Gasteiger partial charge in [0.15, 0.2) is 5.71 Å². The lowest BCUT2D eigenvalue weighted by atomic mass is 10.2. The van der Waals surface area contributed by atoms with Crippen molar-refractivity contribution in [1.29, 1.82) is 0 Å². The van der Waals surface area contributed by atoms with Gasteiger partial charge in [0, 0.05) is 6.08 Å². The van der Waals surface area contributed by atoms with Crippen molar-refractivity contribution in [3.05, 3.63) is 53.4 Å². The smallest absolute Gasteiger partial charge is 0.359 e. The number of carbonyl (C=O) groups is 1. The second-order valence-corrected chi connectivity index (χ2v) is 4.12. The van der Waals surface area contributed by atoms with Crippen LogP contribution in [-0.4, -0.2) is 23.3 Å². The molecule has 1 aromatic carbocycles. The van der Waals surface area contributed by atoms with Crippen LogP contribution in [-0.2, 0) is 16.1 Å². The normalized spacial score (nSPS) is 13.9. The lowest BCUT2D eigenvalue weighted by Crippen LogP contribution is -2.24. The zero-order valence-corrected chi connectivity index (χ0v) is 11.1. The largest absolute Gasteiger partial charge is 0.461 e. The van der Waals surface area contributed by atoms with Gasteiger partial charge in [-0.15, -0.1) is 0 Å². The molecule has 0 aliphatic carbocycles. The van der Waals surface area contributed by atoms with Crippen molar-refractivity contribution in [2.75, 3.05) is 6.61 Å². The van der Waals surface area contributed by atoms with E-state index in [0.717, 1.165) is 11.3 Å². The number of hydrazone groups is 1. The molecule has 0 bridgehead atoms. The molecule has 19 heavy (non-hydrogen) atoms. The zero-order chi connectivity index (χ0) is 13.7. The van der Waals surface area contributed by atoms with Gasteiger partial charge in [-0.2, -0.15) is 5.10 Å². The summed E-state index contributed by atoms with van der Waals surface area (Å²) in [5.74, 6) is -0.416. The van der Waals surface area contributed by atoms with Crippen LogP contribution in [0.4, 0.5) is 0 Å². The van der Waals surface area contributed by atoms with Crippen molar-refractivity contribution in [2.45, 2.75) is 20.4 Å². The molecule has 4 nitrogen and oxygen atoms in total. The fourth-order valence-corrected chi connectivity index (χ4v) is 1.70. The van der Waals surface area contributed by atoms with Crippen LogP contribution in [0.15, 0.2) is 52.9 Å². The Morgan fingerprint density at radius 2 is 2.11 bits per heavy atom. The van der Waals surface area contributed by atoms with Crippen LogP contribution in [0.3, 0.4) is 0 Å². The average Bonchev–Trinajstić information content (AvgIpc) is 2.42. The Morgan fingerprint density at radius 3 is 2.79 bits per heavy atom. The SMILES string of the molecule is CCOC(=O)C1=NN(Cc2ccccc2)C(C)=C=C1. The number of benzene rings is 1. The maximum atomic E-state index is 11.6.